The van der Waals surface area contributed by atoms with Gasteiger partial charge in [0, 0.05) is 11.8 Å². The fourth-order valence-corrected chi connectivity index (χ4v) is 3.04. The Kier molecular flexibility index (Phi) is 6.12. The standard InChI is InChI=1S/C19H12Cl4N2O2/c20-13-5-3-11(8-15(13)22)10-25-7-1-2-17(19(25)27)24-18(26)12-4-6-14(21)16(23)9-12/h1-9H,10H2,(H,24,26). The lowest BCUT2D eigenvalue weighted by Gasteiger charge is -2.10. The van der Waals surface area contributed by atoms with Gasteiger partial charge in [-0.05, 0) is 48.0 Å². The highest BCUT2D eigenvalue weighted by Crippen LogP contribution is 2.24. The zero-order valence-corrected chi connectivity index (χ0v) is 16.7. The molecule has 0 unspecified atom stereocenters. The van der Waals surface area contributed by atoms with Gasteiger partial charge < -0.3 is 9.88 Å². The van der Waals surface area contributed by atoms with E-state index in [-0.39, 0.29) is 22.8 Å². The fraction of sp³-hybridized carbons (Fsp3) is 0.0526. The van der Waals surface area contributed by atoms with Crippen LogP contribution in [0, 0.1) is 0 Å². The molecule has 1 N–H and O–H groups in total. The van der Waals surface area contributed by atoms with Gasteiger partial charge in [0.1, 0.15) is 5.69 Å². The Balaban J connectivity index is 1.84. The average Bonchev–Trinajstić information content (AvgIpc) is 2.63. The summed E-state index contributed by atoms with van der Waals surface area (Å²) in [4.78, 5) is 25.0. The van der Waals surface area contributed by atoms with Crippen LogP contribution in [-0.2, 0) is 6.54 Å². The molecule has 0 bridgehead atoms. The Morgan fingerprint density at radius 3 is 2.22 bits per heavy atom. The number of carbonyl (C=O) groups excluding carboxylic acids is 1. The first kappa shape index (κ1) is 19.8. The molecule has 0 aliphatic rings. The fourth-order valence-electron chi connectivity index (χ4n) is 2.42. The van der Waals surface area contributed by atoms with Crippen LogP contribution in [0.25, 0.3) is 0 Å². The molecule has 1 amide bonds. The molecule has 0 radical (unpaired) electrons. The zero-order valence-electron chi connectivity index (χ0n) is 13.7. The number of amides is 1. The van der Waals surface area contributed by atoms with E-state index in [1.807, 2.05) is 0 Å². The molecular weight excluding hydrogens is 430 g/mol. The van der Waals surface area contributed by atoms with E-state index in [1.165, 1.54) is 28.8 Å². The maximum absolute atomic E-state index is 12.7. The summed E-state index contributed by atoms with van der Waals surface area (Å²) in [7, 11) is 0. The van der Waals surface area contributed by atoms with Crippen molar-refractivity contribution >= 4 is 58.0 Å². The van der Waals surface area contributed by atoms with E-state index in [0.29, 0.717) is 20.6 Å². The lowest BCUT2D eigenvalue weighted by molar-refractivity contribution is 0.102. The Morgan fingerprint density at radius 2 is 1.56 bits per heavy atom. The highest BCUT2D eigenvalue weighted by molar-refractivity contribution is 6.42. The monoisotopic (exact) mass is 440 g/mol. The second-order valence-corrected chi connectivity index (χ2v) is 7.32. The van der Waals surface area contributed by atoms with Crippen LogP contribution >= 0.6 is 46.4 Å². The van der Waals surface area contributed by atoms with Gasteiger partial charge in [0.2, 0.25) is 0 Å². The lowest BCUT2D eigenvalue weighted by Crippen LogP contribution is -2.25. The van der Waals surface area contributed by atoms with E-state index in [2.05, 4.69) is 5.32 Å². The quantitative estimate of drug-likeness (QED) is 0.559. The topological polar surface area (TPSA) is 51.1 Å². The van der Waals surface area contributed by atoms with Gasteiger partial charge >= 0.3 is 0 Å². The van der Waals surface area contributed by atoms with E-state index >= 15 is 0 Å². The van der Waals surface area contributed by atoms with Crippen LogP contribution in [0.15, 0.2) is 59.5 Å². The van der Waals surface area contributed by atoms with Gasteiger partial charge in [-0.25, -0.2) is 0 Å². The Labute approximate surface area is 175 Å². The SMILES string of the molecule is O=C(Nc1cccn(Cc2ccc(Cl)c(Cl)c2)c1=O)c1ccc(Cl)c(Cl)c1. The summed E-state index contributed by atoms with van der Waals surface area (Å²) >= 11 is 23.7. The first-order valence-electron chi connectivity index (χ1n) is 7.75. The summed E-state index contributed by atoms with van der Waals surface area (Å²) < 4.78 is 1.46. The van der Waals surface area contributed by atoms with Crippen molar-refractivity contribution in [1.82, 2.24) is 4.57 Å². The Morgan fingerprint density at radius 1 is 0.889 bits per heavy atom. The zero-order chi connectivity index (χ0) is 19.6. The van der Waals surface area contributed by atoms with Gasteiger partial charge in [-0.2, -0.15) is 0 Å². The van der Waals surface area contributed by atoms with Crippen molar-refractivity contribution in [1.29, 1.82) is 0 Å². The van der Waals surface area contributed by atoms with E-state index < -0.39 is 5.91 Å². The largest absolute Gasteiger partial charge is 0.317 e. The molecule has 0 saturated heterocycles. The molecule has 1 heterocycles. The van der Waals surface area contributed by atoms with Gasteiger partial charge in [-0.15, -0.1) is 0 Å². The lowest BCUT2D eigenvalue weighted by atomic mass is 10.2. The molecule has 0 spiro atoms. The molecule has 1 aromatic heterocycles. The summed E-state index contributed by atoms with van der Waals surface area (Å²) in [5.41, 5.74) is 0.897. The number of nitrogens with one attached hydrogen (secondary N) is 1. The van der Waals surface area contributed by atoms with Crippen molar-refractivity contribution in [3.63, 3.8) is 0 Å². The maximum Gasteiger partial charge on any atom is 0.274 e. The summed E-state index contributed by atoms with van der Waals surface area (Å²) in [6.45, 7) is 0.284. The summed E-state index contributed by atoms with van der Waals surface area (Å²) in [6, 6.07) is 12.8. The summed E-state index contributed by atoms with van der Waals surface area (Å²) in [5, 5.41) is 4.05. The number of hydrogen-bond acceptors (Lipinski definition) is 2. The summed E-state index contributed by atoms with van der Waals surface area (Å²) in [6.07, 6.45) is 1.62. The molecule has 27 heavy (non-hydrogen) atoms. The molecule has 0 saturated carbocycles. The van der Waals surface area contributed by atoms with E-state index in [9.17, 15) is 9.59 Å². The minimum absolute atomic E-state index is 0.147. The third-order valence-corrected chi connectivity index (χ3v) is 5.27. The number of benzene rings is 2. The van der Waals surface area contributed by atoms with Gasteiger partial charge in [0.05, 0.1) is 26.6 Å². The molecule has 3 rings (SSSR count). The molecule has 3 aromatic rings. The van der Waals surface area contributed by atoms with Crippen molar-refractivity contribution in [3.05, 3.63) is 96.3 Å². The molecule has 0 fully saturated rings. The first-order valence-corrected chi connectivity index (χ1v) is 9.26. The molecule has 0 aliphatic heterocycles. The van der Waals surface area contributed by atoms with Crippen molar-refractivity contribution in [3.8, 4) is 0 Å². The Bertz CT molecular complexity index is 1080. The number of hydrogen-bond donors (Lipinski definition) is 1. The van der Waals surface area contributed by atoms with Gasteiger partial charge in [0.25, 0.3) is 11.5 Å². The minimum Gasteiger partial charge on any atom is -0.317 e. The maximum atomic E-state index is 12.7. The first-order chi connectivity index (χ1) is 12.8. The Hall–Kier alpha value is -1.98. The highest BCUT2D eigenvalue weighted by atomic mass is 35.5. The molecular formula is C19H12Cl4N2O2. The number of pyridine rings is 1. The van der Waals surface area contributed by atoms with Crippen LogP contribution in [0.3, 0.4) is 0 Å². The molecule has 8 heteroatoms. The number of carbonyl (C=O) groups is 1. The molecule has 2 aromatic carbocycles. The number of aromatic nitrogens is 1. The van der Waals surface area contributed by atoms with E-state index in [4.69, 9.17) is 46.4 Å². The third kappa shape index (κ3) is 4.66. The number of anilines is 1. The minimum atomic E-state index is -0.460. The predicted molar refractivity (Wildman–Crippen MR) is 111 cm³/mol. The number of rotatable bonds is 4. The van der Waals surface area contributed by atoms with Crippen LogP contribution in [-0.4, -0.2) is 10.5 Å². The van der Waals surface area contributed by atoms with Crippen LogP contribution < -0.4 is 10.9 Å². The highest BCUT2D eigenvalue weighted by Gasteiger charge is 2.12. The van der Waals surface area contributed by atoms with Crippen LogP contribution in [0.5, 0.6) is 0 Å². The number of halogens is 4. The second-order valence-electron chi connectivity index (χ2n) is 5.69. The van der Waals surface area contributed by atoms with E-state index in [1.54, 1.807) is 30.5 Å². The molecule has 138 valence electrons. The van der Waals surface area contributed by atoms with Crippen molar-refractivity contribution in [2.24, 2.45) is 0 Å². The van der Waals surface area contributed by atoms with Crippen LogP contribution in [0.4, 0.5) is 5.69 Å². The van der Waals surface area contributed by atoms with Gasteiger partial charge in [0.15, 0.2) is 0 Å². The van der Waals surface area contributed by atoms with Crippen LogP contribution in [0.2, 0.25) is 20.1 Å². The normalized spacial score (nSPS) is 10.7. The predicted octanol–water partition coefficient (Wildman–Crippen LogP) is 5.76. The van der Waals surface area contributed by atoms with Crippen LogP contribution in [0.1, 0.15) is 15.9 Å². The smallest absolute Gasteiger partial charge is 0.274 e. The van der Waals surface area contributed by atoms with Gasteiger partial charge in [-0.3, -0.25) is 9.59 Å². The second kappa shape index (κ2) is 8.36. The molecule has 0 aliphatic carbocycles. The van der Waals surface area contributed by atoms with Crippen molar-refractivity contribution < 1.29 is 4.79 Å². The van der Waals surface area contributed by atoms with Gasteiger partial charge in [-0.1, -0.05) is 52.5 Å². The average molecular weight is 442 g/mol. The molecule has 4 nitrogen and oxygen atoms in total. The summed E-state index contributed by atoms with van der Waals surface area (Å²) in [5.74, 6) is -0.460. The number of nitrogens with zero attached hydrogens (tertiary/aromatic N) is 1. The van der Waals surface area contributed by atoms with Crippen molar-refractivity contribution in [2.45, 2.75) is 6.54 Å². The van der Waals surface area contributed by atoms with Crippen molar-refractivity contribution in [2.75, 3.05) is 5.32 Å². The van der Waals surface area contributed by atoms with E-state index in [0.717, 1.165) is 5.56 Å². The third-order valence-electron chi connectivity index (χ3n) is 3.79. The molecule has 0 atom stereocenters.